The van der Waals surface area contributed by atoms with Crippen molar-refractivity contribution in [3.8, 4) is 0 Å². The molecule has 0 saturated carbocycles. The maximum Gasteiger partial charge on any atom is 0.170 e. The van der Waals surface area contributed by atoms with E-state index >= 15 is 0 Å². The van der Waals surface area contributed by atoms with Gasteiger partial charge in [-0.1, -0.05) is 6.92 Å². The zero-order valence-electron chi connectivity index (χ0n) is 9.43. The Labute approximate surface area is 98.7 Å². The Morgan fingerprint density at radius 2 is 2.38 bits per heavy atom. The molecule has 0 N–H and O–H groups in total. The van der Waals surface area contributed by atoms with Gasteiger partial charge in [-0.05, 0) is 28.8 Å². The van der Waals surface area contributed by atoms with Crippen LogP contribution in [0.1, 0.15) is 28.5 Å². The first-order valence-corrected chi connectivity index (χ1v) is 6.21. The minimum atomic E-state index is 0.156. The molecule has 16 heavy (non-hydrogen) atoms. The largest absolute Gasteiger partial charge is 0.294 e. The smallest absolute Gasteiger partial charge is 0.170 e. The average molecular weight is 234 g/mol. The molecule has 0 atom stereocenters. The van der Waals surface area contributed by atoms with Crippen LogP contribution in [-0.4, -0.2) is 15.6 Å². The summed E-state index contributed by atoms with van der Waals surface area (Å²) in [5.41, 5.74) is 2.74. The molecule has 84 valence electrons. The van der Waals surface area contributed by atoms with Gasteiger partial charge in [0.2, 0.25) is 0 Å². The number of thiophene rings is 1. The number of hydrogen-bond acceptors (Lipinski definition) is 3. The lowest BCUT2D eigenvalue weighted by atomic mass is 10.1. The fraction of sp³-hybridized carbons (Fsp3) is 0.333. The molecule has 0 aliphatic heterocycles. The second-order valence-electron chi connectivity index (χ2n) is 3.75. The lowest BCUT2D eigenvalue weighted by Crippen LogP contribution is -2.04. The minimum Gasteiger partial charge on any atom is -0.294 e. The van der Waals surface area contributed by atoms with Gasteiger partial charge in [-0.3, -0.25) is 9.48 Å². The van der Waals surface area contributed by atoms with Crippen molar-refractivity contribution in [1.82, 2.24) is 9.78 Å². The van der Waals surface area contributed by atoms with Crippen LogP contribution in [0.15, 0.2) is 23.0 Å². The molecule has 0 amide bonds. The van der Waals surface area contributed by atoms with Gasteiger partial charge in [-0.15, -0.1) is 0 Å². The Morgan fingerprint density at radius 3 is 3.00 bits per heavy atom. The van der Waals surface area contributed by atoms with Gasteiger partial charge in [0.25, 0.3) is 0 Å². The molecule has 0 saturated heterocycles. The molecular weight excluding hydrogens is 220 g/mol. The van der Waals surface area contributed by atoms with Crippen molar-refractivity contribution in [2.75, 3.05) is 0 Å². The van der Waals surface area contributed by atoms with Crippen molar-refractivity contribution in [2.45, 2.75) is 19.8 Å². The zero-order chi connectivity index (χ0) is 11.5. The first kappa shape index (κ1) is 11.1. The van der Waals surface area contributed by atoms with Crippen molar-refractivity contribution in [3.63, 3.8) is 0 Å². The van der Waals surface area contributed by atoms with E-state index in [4.69, 9.17) is 0 Å². The number of nitrogens with zero attached hydrogens (tertiary/aromatic N) is 2. The SMILES string of the molecule is CCc1nn(C)cc1C(=O)Cc1ccsc1. The van der Waals surface area contributed by atoms with Gasteiger partial charge < -0.3 is 0 Å². The van der Waals surface area contributed by atoms with Crippen LogP contribution in [0, 0.1) is 0 Å². The van der Waals surface area contributed by atoms with E-state index in [1.54, 1.807) is 16.0 Å². The summed E-state index contributed by atoms with van der Waals surface area (Å²) in [6.07, 6.45) is 3.08. The standard InChI is InChI=1S/C12H14N2OS/c1-3-11-10(7-14(2)13-11)12(15)6-9-4-5-16-8-9/h4-5,7-8H,3,6H2,1-2H3. The summed E-state index contributed by atoms with van der Waals surface area (Å²) in [6, 6.07) is 1.99. The number of hydrogen-bond donors (Lipinski definition) is 0. The molecular formula is C12H14N2OS. The van der Waals surface area contributed by atoms with E-state index < -0.39 is 0 Å². The summed E-state index contributed by atoms with van der Waals surface area (Å²) in [7, 11) is 1.85. The number of aryl methyl sites for hydroxylation is 2. The first-order chi connectivity index (χ1) is 7.70. The predicted molar refractivity (Wildman–Crippen MR) is 64.9 cm³/mol. The molecule has 2 heterocycles. The van der Waals surface area contributed by atoms with E-state index in [0.29, 0.717) is 6.42 Å². The zero-order valence-corrected chi connectivity index (χ0v) is 10.3. The van der Waals surface area contributed by atoms with Crippen molar-refractivity contribution >= 4 is 17.1 Å². The quantitative estimate of drug-likeness (QED) is 0.762. The second-order valence-corrected chi connectivity index (χ2v) is 4.53. The molecule has 0 unspecified atom stereocenters. The van der Waals surface area contributed by atoms with Gasteiger partial charge in [0.1, 0.15) is 0 Å². The highest BCUT2D eigenvalue weighted by Gasteiger charge is 2.14. The molecule has 0 radical (unpaired) electrons. The van der Waals surface area contributed by atoms with Crippen LogP contribution in [-0.2, 0) is 19.9 Å². The highest BCUT2D eigenvalue weighted by Crippen LogP contribution is 2.13. The minimum absolute atomic E-state index is 0.156. The third kappa shape index (κ3) is 2.22. The molecule has 0 spiro atoms. The van der Waals surface area contributed by atoms with Gasteiger partial charge in [0, 0.05) is 19.7 Å². The van der Waals surface area contributed by atoms with Gasteiger partial charge in [0.15, 0.2) is 5.78 Å². The molecule has 2 aromatic heterocycles. The Hall–Kier alpha value is -1.42. The van der Waals surface area contributed by atoms with E-state index in [0.717, 1.165) is 23.2 Å². The maximum absolute atomic E-state index is 12.1. The Balaban J connectivity index is 2.20. The van der Waals surface area contributed by atoms with E-state index in [2.05, 4.69) is 5.10 Å². The van der Waals surface area contributed by atoms with Gasteiger partial charge in [-0.25, -0.2) is 0 Å². The summed E-state index contributed by atoms with van der Waals surface area (Å²) >= 11 is 1.62. The van der Waals surface area contributed by atoms with E-state index in [1.165, 1.54) is 0 Å². The molecule has 0 bridgehead atoms. The Bertz CT molecular complexity index is 485. The fourth-order valence-corrected chi connectivity index (χ4v) is 2.37. The third-order valence-corrected chi connectivity index (χ3v) is 3.22. The third-order valence-electron chi connectivity index (χ3n) is 2.49. The topological polar surface area (TPSA) is 34.9 Å². The van der Waals surface area contributed by atoms with Crippen LogP contribution < -0.4 is 0 Å². The van der Waals surface area contributed by atoms with E-state index in [-0.39, 0.29) is 5.78 Å². The van der Waals surface area contributed by atoms with Crippen LogP contribution in [0.25, 0.3) is 0 Å². The number of carbonyl (C=O) groups excluding carboxylic acids is 1. The van der Waals surface area contributed by atoms with Crippen LogP contribution in [0.2, 0.25) is 0 Å². The summed E-state index contributed by atoms with van der Waals surface area (Å²) < 4.78 is 1.71. The number of aromatic nitrogens is 2. The van der Waals surface area contributed by atoms with Gasteiger partial charge in [-0.2, -0.15) is 16.4 Å². The number of carbonyl (C=O) groups is 1. The molecule has 0 aromatic carbocycles. The lowest BCUT2D eigenvalue weighted by molar-refractivity contribution is 0.0992. The summed E-state index contributed by atoms with van der Waals surface area (Å²) in [5, 5.41) is 8.28. The second kappa shape index (κ2) is 4.61. The average Bonchev–Trinajstić information content (AvgIpc) is 2.86. The molecule has 3 nitrogen and oxygen atoms in total. The summed E-state index contributed by atoms with van der Waals surface area (Å²) in [6.45, 7) is 2.02. The normalized spacial score (nSPS) is 10.6. The first-order valence-electron chi connectivity index (χ1n) is 5.27. The van der Waals surface area contributed by atoms with Crippen LogP contribution in [0.5, 0.6) is 0 Å². The maximum atomic E-state index is 12.1. The molecule has 0 aliphatic rings. The number of Topliss-reactive ketones (excluding diaryl/α,β-unsaturated/α-hetero) is 1. The van der Waals surface area contributed by atoms with E-state index in [9.17, 15) is 4.79 Å². The van der Waals surface area contributed by atoms with Gasteiger partial charge in [0.05, 0.1) is 11.3 Å². The van der Waals surface area contributed by atoms with Crippen molar-refractivity contribution in [1.29, 1.82) is 0 Å². The highest BCUT2D eigenvalue weighted by molar-refractivity contribution is 7.08. The molecule has 0 fully saturated rings. The lowest BCUT2D eigenvalue weighted by Gasteiger charge is -1.97. The number of rotatable bonds is 4. The van der Waals surface area contributed by atoms with Crippen molar-refractivity contribution in [3.05, 3.63) is 39.8 Å². The van der Waals surface area contributed by atoms with E-state index in [1.807, 2.05) is 37.0 Å². The monoisotopic (exact) mass is 234 g/mol. The van der Waals surface area contributed by atoms with Crippen molar-refractivity contribution < 1.29 is 4.79 Å². The fourth-order valence-electron chi connectivity index (χ4n) is 1.70. The predicted octanol–water partition coefficient (Wildman–Crippen LogP) is 2.47. The molecule has 2 aromatic rings. The number of ketones is 1. The Kier molecular flexibility index (Phi) is 3.19. The van der Waals surface area contributed by atoms with Crippen LogP contribution >= 0.6 is 11.3 Å². The molecule has 4 heteroatoms. The molecule has 0 aliphatic carbocycles. The van der Waals surface area contributed by atoms with Crippen molar-refractivity contribution in [2.24, 2.45) is 7.05 Å². The van der Waals surface area contributed by atoms with Crippen LogP contribution in [0.4, 0.5) is 0 Å². The highest BCUT2D eigenvalue weighted by atomic mass is 32.1. The van der Waals surface area contributed by atoms with Gasteiger partial charge >= 0.3 is 0 Å². The summed E-state index contributed by atoms with van der Waals surface area (Å²) in [4.78, 5) is 12.1. The summed E-state index contributed by atoms with van der Waals surface area (Å²) in [5.74, 6) is 0.156. The van der Waals surface area contributed by atoms with Crippen LogP contribution in [0.3, 0.4) is 0 Å². The Morgan fingerprint density at radius 1 is 1.56 bits per heavy atom. The molecule has 2 rings (SSSR count).